The number of hydrogen-bond acceptors (Lipinski definition) is 6. The maximum atomic E-state index is 12.3. The fraction of sp³-hybridized carbons (Fsp3) is 0.0714. The molecule has 3 heterocycles. The number of fused-ring (bicyclic) bond motifs is 6. The van der Waals surface area contributed by atoms with Crippen LogP contribution in [0.2, 0.25) is 0 Å². The number of imidazole rings is 1. The minimum Gasteiger partial charge on any atom is -0.489 e. The third-order valence-corrected chi connectivity index (χ3v) is 6.41. The van der Waals surface area contributed by atoms with Gasteiger partial charge in [0.15, 0.2) is 5.60 Å². The van der Waals surface area contributed by atoms with E-state index in [1.807, 2.05) is 30.3 Å². The molecule has 0 spiro atoms. The van der Waals surface area contributed by atoms with Crippen molar-refractivity contribution in [2.75, 3.05) is 0 Å². The Morgan fingerprint density at radius 1 is 0.971 bits per heavy atom. The molecule has 2 aromatic heterocycles. The number of hydrogen-bond donors (Lipinski definition) is 2. The van der Waals surface area contributed by atoms with Crippen LogP contribution in [0, 0.1) is 22.7 Å². The molecule has 1 aliphatic heterocycles. The lowest BCUT2D eigenvalue weighted by Crippen LogP contribution is -2.29. The Balaban J connectivity index is 1.73. The van der Waals surface area contributed by atoms with E-state index in [0.717, 1.165) is 16.5 Å². The number of pyridine rings is 1. The van der Waals surface area contributed by atoms with E-state index in [0.29, 0.717) is 44.9 Å². The standard InChI is InChI=1S/C28H17N5O2/c29-12-18-4-5-20-8-19(18)15-35-23-3-1-2-17(9-23)24-11-22(13-30)33-26-7-6-21(10-25(24)26)28(20,34)27-14-31-16-32-27/h1-11,14,16,34H,15H2,(H,31,32). The molecular formula is C28H17N5O2. The van der Waals surface area contributed by atoms with Gasteiger partial charge in [-0.3, -0.25) is 0 Å². The van der Waals surface area contributed by atoms with Crippen molar-refractivity contribution in [2.45, 2.75) is 12.2 Å². The summed E-state index contributed by atoms with van der Waals surface area (Å²) in [5.74, 6) is 0.625. The van der Waals surface area contributed by atoms with Crippen molar-refractivity contribution in [3.63, 3.8) is 0 Å². The summed E-state index contributed by atoms with van der Waals surface area (Å²) in [4.78, 5) is 11.7. The van der Waals surface area contributed by atoms with E-state index in [1.54, 1.807) is 42.6 Å². The van der Waals surface area contributed by atoms with Gasteiger partial charge >= 0.3 is 0 Å². The summed E-state index contributed by atoms with van der Waals surface area (Å²) in [6.45, 7) is 0.145. The van der Waals surface area contributed by atoms with Crippen LogP contribution in [-0.2, 0) is 12.2 Å². The van der Waals surface area contributed by atoms with Gasteiger partial charge in [-0.1, -0.05) is 24.3 Å². The lowest BCUT2D eigenvalue weighted by atomic mass is 9.81. The second-order valence-electron chi connectivity index (χ2n) is 8.37. The summed E-state index contributed by atoms with van der Waals surface area (Å²) in [6.07, 6.45) is 3.10. The Kier molecular flexibility index (Phi) is 4.60. The van der Waals surface area contributed by atoms with Gasteiger partial charge in [0.1, 0.15) is 24.1 Å². The summed E-state index contributed by atoms with van der Waals surface area (Å²) in [6, 6.07) is 24.4. The average molecular weight is 455 g/mol. The maximum Gasteiger partial charge on any atom is 0.156 e. The van der Waals surface area contributed by atoms with Gasteiger partial charge in [-0.05, 0) is 64.7 Å². The summed E-state index contributed by atoms with van der Waals surface area (Å²) >= 11 is 0. The Morgan fingerprint density at radius 3 is 2.63 bits per heavy atom. The van der Waals surface area contributed by atoms with Crippen LogP contribution in [0.3, 0.4) is 0 Å². The molecule has 166 valence electrons. The molecular weight excluding hydrogens is 438 g/mol. The first-order chi connectivity index (χ1) is 17.1. The highest BCUT2D eigenvalue weighted by Gasteiger charge is 2.36. The lowest BCUT2D eigenvalue weighted by Gasteiger charge is -2.29. The van der Waals surface area contributed by atoms with Crippen molar-refractivity contribution >= 4 is 10.9 Å². The van der Waals surface area contributed by atoms with E-state index < -0.39 is 5.60 Å². The molecule has 0 saturated heterocycles. The van der Waals surface area contributed by atoms with E-state index in [2.05, 4.69) is 27.1 Å². The summed E-state index contributed by atoms with van der Waals surface area (Å²) in [5.41, 5.74) is 3.74. The van der Waals surface area contributed by atoms with Crippen LogP contribution in [-0.4, -0.2) is 20.1 Å². The molecule has 0 amide bonds. The molecule has 3 aromatic carbocycles. The van der Waals surface area contributed by atoms with Crippen LogP contribution in [0.25, 0.3) is 22.0 Å². The van der Waals surface area contributed by atoms with E-state index in [9.17, 15) is 15.6 Å². The van der Waals surface area contributed by atoms with Crippen LogP contribution < -0.4 is 4.74 Å². The van der Waals surface area contributed by atoms with Crippen molar-refractivity contribution in [1.82, 2.24) is 15.0 Å². The number of aliphatic hydroxyl groups is 1. The summed E-state index contributed by atoms with van der Waals surface area (Å²) < 4.78 is 6.08. The highest BCUT2D eigenvalue weighted by atomic mass is 16.5. The number of H-pyrrole nitrogens is 1. The molecule has 1 unspecified atom stereocenters. The zero-order valence-corrected chi connectivity index (χ0v) is 18.4. The van der Waals surface area contributed by atoms with Crippen molar-refractivity contribution < 1.29 is 9.84 Å². The molecule has 6 rings (SSSR count). The minimum absolute atomic E-state index is 0.145. The van der Waals surface area contributed by atoms with Gasteiger partial charge in [0.05, 0.1) is 35.4 Å². The first-order valence-electron chi connectivity index (χ1n) is 10.9. The smallest absolute Gasteiger partial charge is 0.156 e. The fourth-order valence-corrected chi connectivity index (χ4v) is 4.64. The van der Waals surface area contributed by atoms with Crippen LogP contribution in [0.4, 0.5) is 0 Å². The normalized spacial score (nSPS) is 16.3. The Labute approximate surface area is 200 Å². The maximum absolute atomic E-state index is 12.3. The third-order valence-electron chi connectivity index (χ3n) is 6.41. The molecule has 1 atom stereocenters. The quantitative estimate of drug-likeness (QED) is 0.383. The third kappa shape index (κ3) is 3.23. The van der Waals surface area contributed by atoms with E-state index in [4.69, 9.17) is 4.74 Å². The average Bonchev–Trinajstić information content (AvgIpc) is 3.46. The van der Waals surface area contributed by atoms with Gasteiger partial charge in [-0.15, -0.1) is 0 Å². The van der Waals surface area contributed by atoms with Gasteiger partial charge in [0.25, 0.3) is 0 Å². The number of nitriles is 2. The number of benzene rings is 3. The van der Waals surface area contributed by atoms with E-state index in [-0.39, 0.29) is 6.61 Å². The largest absolute Gasteiger partial charge is 0.489 e. The lowest BCUT2D eigenvalue weighted by molar-refractivity contribution is 0.121. The summed E-state index contributed by atoms with van der Waals surface area (Å²) in [5, 5.41) is 32.3. The van der Waals surface area contributed by atoms with Gasteiger partial charge in [-0.25, -0.2) is 9.97 Å². The zero-order chi connectivity index (χ0) is 24.0. The molecule has 35 heavy (non-hydrogen) atoms. The molecule has 0 aliphatic carbocycles. The Morgan fingerprint density at radius 2 is 1.83 bits per heavy atom. The number of ether oxygens (including phenoxy) is 1. The van der Waals surface area contributed by atoms with Crippen LogP contribution >= 0.6 is 0 Å². The minimum atomic E-state index is -1.59. The zero-order valence-electron chi connectivity index (χ0n) is 18.4. The Hall–Kier alpha value is -4.98. The van der Waals surface area contributed by atoms with E-state index >= 15 is 0 Å². The molecule has 0 fully saturated rings. The van der Waals surface area contributed by atoms with Gasteiger partial charge in [0, 0.05) is 10.9 Å². The first-order valence-corrected chi connectivity index (χ1v) is 10.9. The first kappa shape index (κ1) is 20.6. The van der Waals surface area contributed by atoms with Crippen molar-refractivity contribution in [3.05, 3.63) is 113 Å². The van der Waals surface area contributed by atoms with Crippen LogP contribution in [0.15, 0.2) is 79.3 Å². The number of rotatable bonds is 1. The second-order valence-corrected chi connectivity index (χ2v) is 8.37. The topological polar surface area (TPSA) is 119 Å². The number of nitrogens with one attached hydrogen (secondary N) is 1. The monoisotopic (exact) mass is 455 g/mol. The van der Waals surface area contributed by atoms with Gasteiger partial charge in [-0.2, -0.15) is 10.5 Å². The van der Waals surface area contributed by atoms with Gasteiger partial charge in [0.2, 0.25) is 0 Å². The second kappa shape index (κ2) is 7.81. The molecule has 7 heteroatoms. The molecule has 7 nitrogen and oxygen atoms in total. The Bertz CT molecular complexity index is 1700. The molecule has 0 saturated carbocycles. The fourth-order valence-electron chi connectivity index (χ4n) is 4.64. The molecule has 0 radical (unpaired) electrons. The van der Waals surface area contributed by atoms with Crippen molar-refractivity contribution in [3.8, 4) is 29.0 Å². The molecule has 5 aromatic rings. The van der Waals surface area contributed by atoms with Crippen molar-refractivity contribution in [2.24, 2.45) is 0 Å². The molecule has 2 N–H and O–H groups in total. The highest BCUT2D eigenvalue weighted by molar-refractivity contribution is 5.96. The summed E-state index contributed by atoms with van der Waals surface area (Å²) in [7, 11) is 0. The number of aromatic nitrogens is 3. The number of nitrogens with zero attached hydrogens (tertiary/aromatic N) is 4. The highest BCUT2D eigenvalue weighted by Crippen LogP contribution is 2.40. The predicted molar refractivity (Wildman–Crippen MR) is 128 cm³/mol. The van der Waals surface area contributed by atoms with Crippen molar-refractivity contribution in [1.29, 1.82) is 10.5 Å². The number of aromatic amines is 1. The van der Waals surface area contributed by atoms with Gasteiger partial charge < -0.3 is 14.8 Å². The molecule has 1 aliphatic rings. The molecule has 6 bridgehead atoms. The van der Waals surface area contributed by atoms with Crippen LogP contribution in [0.5, 0.6) is 5.75 Å². The SMILES string of the molecule is N#Cc1cc2c3cc(ccc3n1)C(O)(c1cnc[nH]1)c1ccc(C#N)c(c1)COc1cccc-2c1. The van der Waals surface area contributed by atoms with Crippen LogP contribution in [0.1, 0.15) is 33.6 Å². The van der Waals surface area contributed by atoms with E-state index in [1.165, 1.54) is 6.33 Å². The predicted octanol–water partition coefficient (Wildman–Crippen LogP) is 4.54.